The largest absolute Gasteiger partial charge is 0.457 e. The average molecular weight is 294 g/mol. The predicted molar refractivity (Wildman–Crippen MR) is 84.4 cm³/mol. The van der Waals surface area contributed by atoms with E-state index < -0.39 is 6.03 Å². The van der Waals surface area contributed by atoms with Crippen molar-refractivity contribution in [3.8, 4) is 11.5 Å². The molecular formula is C17H14N2O3. The quantitative estimate of drug-likeness (QED) is 0.502. The van der Waals surface area contributed by atoms with Crippen molar-refractivity contribution in [3.63, 3.8) is 0 Å². The minimum atomic E-state index is -0.691. The Kier molecular flexibility index (Phi) is 3.89. The van der Waals surface area contributed by atoms with Gasteiger partial charge in [0, 0.05) is 5.69 Å². The molecule has 0 radical (unpaired) electrons. The maximum atomic E-state index is 11.0. The number of amides is 2. The fraction of sp³-hybridized carbons (Fsp3) is 0. The lowest BCUT2D eigenvalue weighted by molar-refractivity contribution is 0.172. The zero-order valence-corrected chi connectivity index (χ0v) is 11.6. The first-order chi connectivity index (χ1) is 10.7. The standard InChI is InChI=1S/C17H14N2O3/c20-17(19-21)18-14-6-9-15(10-7-14)22-16-8-5-12-3-1-2-4-13(12)11-16/h1-11,21H,(H2,18,19,20). The lowest BCUT2D eigenvalue weighted by Crippen LogP contribution is -2.24. The number of rotatable bonds is 3. The van der Waals surface area contributed by atoms with Crippen molar-refractivity contribution in [1.82, 2.24) is 5.48 Å². The second kappa shape index (κ2) is 6.15. The summed E-state index contributed by atoms with van der Waals surface area (Å²) in [5, 5.41) is 13.2. The van der Waals surface area contributed by atoms with Crippen molar-refractivity contribution < 1.29 is 14.7 Å². The lowest BCUT2D eigenvalue weighted by Gasteiger charge is -2.08. The molecule has 0 aliphatic rings. The van der Waals surface area contributed by atoms with Crippen LogP contribution < -0.4 is 15.5 Å². The van der Waals surface area contributed by atoms with Crippen molar-refractivity contribution in [2.24, 2.45) is 0 Å². The van der Waals surface area contributed by atoms with Crippen LogP contribution in [-0.4, -0.2) is 11.2 Å². The third-order valence-corrected chi connectivity index (χ3v) is 3.17. The highest BCUT2D eigenvalue weighted by molar-refractivity contribution is 5.88. The first kappa shape index (κ1) is 13.9. The van der Waals surface area contributed by atoms with Gasteiger partial charge in [0.1, 0.15) is 11.5 Å². The monoisotopic (exact) mass is 294 g/mol. The van der Waals surface area contributed by atoms with Crippen LogP contribution in [0.1, 0.15) is 0 Å². The van der Waals surface area contributed by atoms with Gasteiger partial charge in [-0.15, -0.1) is 0 Å². The highest BCUT2D eigenvalue weighted by Crippen LogP contribution is 2.26. The highest BCUT2D eigenvalue weighted by Gasteiger charge is 2.02. The molecule has 0 aliphatic carbocycles. The van der Waals surface area contributed by atoms with Crippen LogP contribution in [0.4, 0.5) is 10.5 Å². The van der Waals surface area contributed by atoms with Crippen molar-refractivity contribution >= 4 is 22.5 Å². The Balaban J connectivity index is 1.75. The Labute approximate surface area is 127 Å². The first-order valence-corrected chi connectivity index (χ1v) is 6.72. The molecule has 3 rings (SSSR count). The maximum Gasteiger partial charge on any atom is 0.342 e. The molecule has 0 unspecified atom stereocenters. The highest BCUT2D eigenvalue weighted by atomic mass is 16.5. The van der Waals surface area contributed by atoms with E-state index in [1.165, 1.54) is 5.48 Å². The molecule has 5 nitrogen and oxygen atoms in total. The van der Waals surface area contributed by atoms with E-state index >= 15 is 0 Å². The molecule has 3 aromatic rings. The fourth-order valence-corrected chi connectivity index (χ4v) is 2.13. The SMILES string of the molecule is O=C(NO)Nc1ccc(Oc2ccc3ccccc3c2)cc1. The molecule has 0 atom stereocenters. The number of ether oxygens (including phenoxy) is 1. The lowest BCUT2D eigenvalue weighted by atomic mass is 10.1. The third-order valence-electron chi connectivity index (χ3n) is 3.17. The zero-order chi connectivity index (χ0) is 15.4. The Morgan fingerprint density at radius 2 is 1.55 bits per heavy atom. The first-order valence-electron chi connectivity index (χ1n) is 6.72. The number of nitrogens with one attached hydrogen (secondary N) is 2. The number of anilines is 1. The summed E-state index contributed by atoms with van der Waals surface area (Å²) >= 11 is 0. The number of hydroxylamine groups is 1. The van der Waals surface area contributed by atoms with E-state index in [4.69, 9.17) is 9.94 Å². The van der Waals surface area contributed by atoms with Gasteiger partial charge >= 0.3 is 6.03 Å². The van der Waals surface area contributed by atoms with Crippen molar-refractivity contribution in [1.29, 1.82) is 0 Å². The number of hydrogen-bond donors (Lipinski definition) is 3. The van der Waals surface area contributed by atoms with Crippen molar-refractivity contribution in [3.05, 3.63) is 66.7 Å². The van der Waals surface area contributed by atoms with Gasteiger partial charge in [0.05, 0.1) is 0 Å². The van der Waals surface area contributed by atoms with E-state index in [9.17, 15) is 4.79 Å². The van der Waals surface area contributed by atoms with Crippen LogP contribution in [0.3, 0.4) is 0 Å². The van der Waals surface area contributed by atoms with Gasteiger partial charge in [-0.1, -0.05) is 30.3 Å². The second-order valence-electron chi connectivity index (χ2n) is 4.70. The summed E-state index contributed by atoms with van der Waals surface area (Å²) in [6, 6.07) is 20.1. The van der Waals surface area contributed by atoms with E-state index in [0.717, 1.165) is 16.5 Å². The van der Waals surface area contributed by atoms with Gasteiger partial charge in [-0.3, -0.25) is 5.21 Å². The summed E-state index contributed by atoms with van der Waals surface area (Å²) in [5.74, 6) is 1.40. The summed E-state index contributed by atoms with van der Waals surface area (Å²) in [6.45, 7) is 0. The Bertz CT molecular complexity index is 800. The van der Waals surface area contributed by atoms with Crippen LogP contribution >= 0.6 is 0 Å². The van der Waals surface area contributed by atoms with Gasteiger partial charge in [0.25, 0.3) is 0 Å². The van der Waals surface area contributed by atoms with Gasteiger partial charge in [0.15, 0.2) is 0 Å². The van der Waals surface area contributed by atoms with Gasteiger partial charge in [0.2, 0.25) is 0 Å². The van der Waals surface area contributed by atoms with E-state index in [0.29, 0.717) is 11.4 Å². The van der Waals surface area contributed by atoms with Crippen LogP contribution in [0.15, 0.2) is 66.7 Å². The molecule has 22 heavy (non-hydrogen) atoms. The number of benzene rings is 3. The number of carbonyl (C=O) groups is 1. The molecule has 0 saturated heterocycles. The van der Waals surface area contributed by atoms with Crippen LogP contribution in [-0.2, 0) is 0 Å². The van der Waals surface area contributed by atoms with Gasteiger partial charge in [-0.25, -0.2) is 10.3 Å². The molecular weight excluding hydrogens is 280 g/mol. The van der Waals surface area contributed by atoms with E-state index in [2.05, 4.69) is 5.32 Å². The molecule has 0 bridgehead atoms. The van der Waals surface area contributed by atoms with Crippen LogP contribution in [0.5, 0.6) is 11.5 Å². The molecule has 0 fully saturated rings. The number of carbonyl (C=O) groups excluding carboxylic acids is 1. The zero-order valence-electron chi connectivity index (χ0n) is 11.6. The predicted octanol–water partition coefficient (Wildman–Crippen LogP) is 4.14. The Hall–Kier alpha value is -3.05. The molecule has 0 heterocycles. The Morgan fingerprint density at radius 3 is 2.27 bits per heavy atom. The molecule has 0 spiro atoms. The molecule has 0 saturated carbocycles. The minimum Gasteiger partial charge on any atom is -0.457 e. The molecule has 110 valence electrons. The van der Waals surface area contributed by atoms with E-state index in [1.807, 2.05) is 42.5 Å². The molecule has 0 aromatic heterocycles. The summed E-state index contributed by atoms with van der Waals surface area (Å²) in [7, 11) is 0. The number of urea groups is 1. The Morgan fingerprint density at radius 1 is 0.864 bits per heavy atom. The molecule has 3 aromatic carbocycles. The van der Waals surface area contributed by atoms with Crippen LogP contribution in [0.2, 0.25) is 0 Å². The van der Waals surface area contributed by atoms with E-state index in [-0.39, 0.29) is 0 Å². The fourth-order valence-electron chi connectivity index (χ4n) is 2.13. The smallest absolute Gasteiger partial charge is 0.342 e. The summed E-state index contributed by atoms with van der Waals surface area (Å²) in [6.07, 6.45) is 0. The van der Waals surface area contributed by atoms with Crippen LogP contribution in [0, 0.1) is 0 Å². The molecule has 0 aliphatic heterocycles. The normalized spacial score (nSPS) is 10.2. The van der Waals surface area contributed by atoms with Crippen LogP contribution in [0.25, 0.3) is 10.8 Å². The van der Waals surface area contributed by atoms with Gasteiger partial charge in [-0.05, 0) is 47.2 Å². The topological polar surface area (TPSA) is 70.6 Å². The average Bonchev–Trinajstić information content (AvgIpc) is 2.56. The molecule has 3 N–H and O–H groups in total. The number of fused-ring (bicyclic) bond motifs is 1. The molecule has 2 amide bonds. The third kappa shape index (κ3) is 3.16. The summed E-state index contributed by atoms with van der Waals surface area (Å²) < 4.78 is 5.80. The van der Waals surface area contributed by atoms with Crippen molar-refractivity contribution in [2.45, 2.75) is 0 Å². The van der Waals surface area contributed by atoms with E-state index in [1.54, 1.807) is 24.3 Å². The summed E-state index contributed by atoms with van der Waals surface area (Å²) in [5.41, 5.74) is 2.06. The summed E-state index contributed by atoms with van der Waals surface area (Å²) in [4.78, 5) is 11.0. The van der Waals surface area contributed by atoms with Gasteiger partial charge in [-0.2, -0.15) is 0 Å². The maximum absolute atomic E-state index is 11.0. The van der Waals surface area contributed by atoms with Gasteiger partial charge < -0.3 is 10.1 Å². The minimum absolute atomic E-state index is 0.553. The number of hydrogen-bond acceptors (Lipinski definition) is 3. The molecule has 5 heteroatoms. The second-order valence-corrected chi connectivity index (χ2v) is 4.70. The van der Waals surface area contributed by atoms with Crippen molar-refractivity contribution in [2.75, 3.05) is 5.32 Å².